The van der Waals surface area contributed by atoms with Crippen LogP contribution >= 0.6 is 0 Å². The molecule has 0 saturated heterocycles. The summed E-state index contributed by atoms with van der Waals surface area (Å²) in [4.78, 5) is 38.6. The van der Waals surface area contributed by atoms with Crippen LogP contribution in [-0.2, 0) is 0 Å². The van der Waals surface area contributed by atoms with Crippen molar-refractivity contribution in [3.8, 4) is 0 Å². The minimum Gasteiger partial charge on any atom is -1.00 e. The van der Waals surface area contributed by atoms with Crippen molar-refractivity contribution in [2.75, 3.05) is 0 Å². The van der Waals surface area contributed by atoms with Gasteiger partial charge in [-0.15, -0.1) is 0 Å². The third-order valence-electron chi connectivity index (χ3n) is 1.92. The fourth-order valence-corrected chi connectivity index (χ4v) is 1.25. The number of benzene rings is 1. The van der Waals surface area contributed by atoms with Crippen molar-refractivity contribution in [3.05, 3.63) is 48.0 Å². The van der Waals surface area contributed by atoms with Crippen molar-refractivity contribution in [1.29, 1.82) is 0 Å². The van der Waals surface area contributed by atoms with E-state index in [9.17, 15) is 35.1 Å². The van der Waals surface area contributed by atoms with Gasteiger partial charge < -0.3 is 6.53 Å². The van der Waals surface area contributed by atoms with Crippen LogP contribution < -0.4 is 51.4 Å². The van der Waals surface area contributed by atoms with Crippen LogP contribution in [0.3, 0.4) is 0 Å². The standard InChI is InChI=1S/C7H3N3O8.K.H/c11-7(12)3-1-2-4(8(13)14)6(10(17)18)5(3)9(15)16;;/h1-2H,(H,11,12);;/q;+1;-1. The van der Waals surface area contributed by atoms with Crippen molar-refractivity contribution in [2.45, 2.75) is 0 Å². The zero-order chi connectivity index (χ0) is 14.0. The summed E-state index contributed by atoms with van der Waals surface area (Å²) in [7, 11) is 0. The number of carbonyl (C=O) groups is 1. The summed E-state index contributed by atoms with van der Waals surface area (Å²) in [5.74, 6) is -1.79. The van der Waals surface area contributed by atoms with Crippen LogP contribution in [0, 0.1) is 30.3 Å². The fraction of sp³-hybridized carbons (Fsp3) is 0. The summed E-state index contributed by atoms with van der Waals surface area (Å²) in [6, 6.07) is 1.11. The maximum absolute atomic E-state index is 10.7. The van der Waals surface area contributed by atoms with Gasteiger partial charge >= 0.3 is 74.4 Å². The van der Waals surface area contributed by atoms with Crippen LogP contribution in [0.4, 0.5) is 17.1 Å². The molecule has 0 aliphatic carbocycles. The van der Waals surface area contributed by atoms with E-state index in [1.165, 1.54) is 0 Å². The number of hydrogen-bond donors (Lipinski definition) is 1. The molecule has 12 heteroatoms. The van der Waals surface area contributed by atoms with E-state index >= 15 is 0 Å². The monoisotopic (exact) mass is 297 g/mol. The van der Waals surface area contributed by atoms with E-state index in [2.05, 4.69) is 0 Å². The van der Waals surface area contributed by atoms with Gasteiger partial charge in [0.25, 0.3) is 0 Å². The zero-order valence-electron chi connectivity index (χ0n) is 10.3. The van der Waals surface area contributed by atoms with Gasteiger partial charge in [-0.05, 0) is 6.07 Å². The minimum absolute atomic E-state index is 0. The number of carboxylic acids is 1. The first kappa shape index (κ1) is 17.5. The van der Waals surface area contributed by atoms with Crippen LogP contribution in [-0.4, -0.2) is 25.8 Å². The first-order valence-corrected chi connectivity index (χ1v) is 4.10. The Balaban J connectivity index is 0. The molecule has 19 heavy (non-hydrogen) atoms. The second-order valence-electron chi connectivity index (χ2n) is 2.91. The van der Waals surface area contributed by atoms with Crippen molar-refractivity contribution >= 4 is 23.0 Å². The molecule has 1 rings (SSSR count). The Bertz CT molecular complexity index is 541. The molecule has 0 fully saturated rings. The van der Waals surface area contributed by atoms with E-state index in [1.54, 1.807) is 0 Å². The second-order valence-corrected chi connectivity index (χ2v) is 2.91. The molecule has 0 unspecified atom stereocenters. The molecule has 0 aromatic heterocycles. The average molecular weight is 297 g/mol. The third-order valence-corrected chi connectivity index (χ3v) is 1.92. The van der Waals surface area contributed by atoms with Crippen LogP contribution in [0.1, 0.15) is 11.8 Å². The van der Waals surface area contributed by atoms with E-state index in [4.69, 9.17) is 5.11 Å². The summed E-state index contributed by atoms with van der Waals surface area (Å²) >= 11 is 0. The molecule has 1 aromatic carbocycles. The largest absolute Gasteiger partial charge is 1.00 e. The van der Waals surface area contributed by atoms with Gasteiger partial charge in [-0.25, -0.2) is 4.79 Å². The molecular formula is C7H4KN3O8. The topological polar surface area (TPSA) is 167 Å². The van der Waals surface area contributed by atoms with Crippen molar-refractivity contribution in [3.63, 3.8) is 0 Å². The Kier molecular flexibility index (Phi) is 6.11. The molecule has 11 nitrogen and oxygen atoms in total. The number of nitro benzene ring substituents is 3. The predicted molar refractivity (Wildman–Crippen MR) is 54.5 cm³/mol. The van der Waals surface area contributed by atoms with Crippen LogP contribution in [0.2, 0.25) is 0 Å². The Hall–Kier alpha value is -1.47. The molecule has 0 amide bonds. The quantitative estimate of drug-likeness (QED) is 0.386. The Labute approximate surface area is 147 Å². The van der Waals surface area contributed by atoms with Gasteiger partial charge in [0.2, 0.25) is 0 Å². The van der Waals surface area contributed by atoms with E-state index in [1.807, 2.05) is 0 Å². The van der Waals surface area contributed by atoms with Gasteiger partial charge in [-0.2, -0.15) is 0 Å². The second kappa shape index (κ2) is 6.62. The molecule has 1 aromatic rings. The van der Waals surface area contributed by atoms with Gasteiger partial charge in [0.05, 0.1) is 14.8 Å². The summed E-state index contributed by atoms with van der Waals surface area (Å²) < 4.78 is 0. The van der Waals surface area contributed by atoms with E-state index in [0.717, 1.165) is 0 Å². The molecule has 96 valence electrons. The number of rotatable bonds is 4. The summed E-state index contributed by atoms with van der Waals surface area (Å²) in [6.45, 7) is 0. The van der Waals surface area contributed by atoms with Gasteiger partial charge in [0.15, 0.2) is 0 Å². The smallest absolute Gasteiger partial charge is 1.00 e. The van der Waals surface area contributed by atoms with Gasteiger partial charge in [0.1, 0.15) is 5.56 Å². The van der Waals surface area contributed by atoms with Crippen LogP contribution in [0.25, 0.3) is 0 Å². The molecule has 0 heterocycles. The number of nitro groups is 3. The molecule has 0 aliphatic rings. The Morgan fingerprint density at radius 3 is 1.79 bits per heavy atom. The number of carboxylic acid groups (broad SMARTS) is 1. The van der Waals surface area contributed by atoms with E-state index < -0.39 is 43.4 Å². The summed E-state index contributed by atoms with van der Waals surface area (Å²) in [6.07, 6.45) is 0. The van der Waals surface area contributed by atoms with E-state index in [0.29, 0.717) is 12.1 Å². The average Bonchev–Trinajstić information content (AvgIpc) is 2.26. The Morgan fingerprint density at radius 1 is 1.00 bits per heavy atom. The number of aromatic carboxylic acids is 1. The minimum atomic E-state index is -1.79. The fourth-order valence-electron chi connectivity index (χ4n) is 1.25. The van der Waals surface area contributed by atoms with Gasteiger partial charge in [0, 0.05) is 6.07 Å². The number of hydrogen-bond acceptors (Lipinski definition) is 7. The molecular weight excluding hydrogens is 293 g/mol. The molecule has 1 N–H and O–H groups in total. The van der Waals surface area contributed by atoms with E-state index in [-0.39, 0.29) is 52.8 Å². The molecule has 0 saturated carbocycles. The molecule has 0 spiro atoms. The summed E-state index contributed by atoms with van der Waals surface area (Å²) in [5, 5.41) is 40.4. The maximum atomic E-state index is 10.7. The third kappa shape index (κ3) is 3.51. The van der Waals surface area contributed by atoms with Crippen molar-refractivity contribution in [2.24, 2.45) is 0 Å². The first-order valence-electron chi connectivity index (χ1n) is 4.10. The van der Waals surface area contributed by atoms with Crippen LogP contribution in [0.5, 0.6) is 0 Å². The molecule has 0 aliphatic heterocycles. The number of nitrogens with zero attached hydrogens (tertiary/aromatic N) is 3. The zero-order valence-corrected chi connectivity index (χ0v) is 12.4. The first-order chi connectivity index (χ1) is 8.27. The normalized spacial score (nSPS) is 9.26. The van der Waals surface area contributed by atoms with Crippen molar-refractivity contribution < 1.29 is 77.5 Å². The van der Waals surface area contributed by atoms with Gasteiger partial charge in [-0.1, -0.05) is 0 Å². The molecule has 0 atom stereocenters. The predicted octanol–water partition coefficient (Wildman–Crippen LogP) is -1.77. The molecule has 0 radical (unpaired) electrons. The Morgan fingerprint density at radius 2 is 1.47 bits per heavy atom. The molecule has 0 bridgehead atoms. The maximum Gasteiger partial charge on any atom is 1.00 e. The SMILES string of the molecule is O=C(O)c1ccc([N+](=O)[O-])c([N+](=O)[O-])c1[N+](=O)[O-].[H-].[K+]. The van der Waals surface area contributed by atoms with Crippen molar-refractivity contribution in [1.82, 2.24) is 0 Å². The van der Waals surface area contributed by atoms with Crippen LogP contribution in [0.15, 0.2) is 12.1 Å². The van der Waals surface area contributed by atoms with Gasteiger partial charge in [-0.3, -0.25) is 30.3 Å². The summed E-state index contributed by atoms with van der Waals surface area (Å²) in [5.41, 5.74) is -5.00.